The number of hydrogen-bond acceptors (Lipinski definition) is 5. The first-order valence-corrected chi connectivity index (χ1v) is 9.58. The van der Waals surface area contributed by atoms with Crippen LogP contribution in [0.15, 0.2) is 35.7 Å². The highest BCUT2D eigenvalue weighted by Crippen LogP contribution is 2.37. The Balaban J connectivity index is 1.46. The molecule has 0 bridgehead atoms. The number of thioether (sulfide) groups is 1. The van der Waals surface area contributed by atoms with Gasteiger partial charge in [-0.3, -0.25) is 4.79 Å². The van der Waals surface area contributed by atoms with Crippen molar-refractivity contribution in [3.05, 3.63) is 46.2 Å². The lowest BCUT2D eigenvalue weighted by Gasteiger charge is -2.20. The number of nitrogens with zero attached hydrogens (tertiary/aromatic N) is 1. The summed E-state index contributed by atoms with van der Waals surface area (Å²) in [5.74, 6) is 2.43. The lowest BCUT2D eigenvalue weighted by molar-refractivity contribution is 0.0766. The summed E-state index contributed by atoms with van der Waals surface area (Å²) in [6, 6.07) is 9.72. The standard InChI is InChI=1S/C17H17NO3S2/c19-17(12-3-4-13-14(10-12)21-11-20-13)18-6-5-16(23-9-7-18)15-2-1-8-22-15/h1-4,8,10,16H,5-7,9,11H2. The summed E-state index contributed by atoms with van der Waals surface area (Å²) >= 11 is 3.75. The van der Waals surface area contributed by atoms with Gasteiger partial charge in [0.05, 0.1) is 0 Å². The third-order valence-electron chi connectivity index (χ3n) is 4.11. The van der Waals surface area contributed by atoms with Crippen LogP contribution in [-0.2, 0) is 0 Å². The summed E-state index contributed by atoms with van der Waals surface area (Å²) in [7, 11) is 0. The van der Waals surface area contributed by atoms with Crippen LogP contribution in [-0.4, -0.2) is 36.4 Å². The molecule has 4 rings (SSSR count). The molecule has 2 aromatic rings. The zero-order chi connectivity index (χ0) is 15.6. The highest BCUT2D eigenvalue weighted by Gasteiger charge is 2.24. The van der Waals surface area contributed by atoms with E-state index in [1.807, 2.05) is 28.8 Å². The van der Waals surface area contributed by atoms with E-state index in [0.29, 0.717) is 22.3 Å². The predicted octanol–water partition coefficient (Wildman–Crippen LogP) is 3.80. The van der Waals surface area contributed by atoms with E-state index in [2.05, 4.69) is 17.5 Å². The first-order chi connectivity index (χ1) is 11.3. The van der Waals surface area contributed by atoms with Crippen molar-refractivity contribution >= 4 is 29.0 Å². The zero-order valence-electron chi connectivity index (χ0n) is 12.6. The molecule has 1 unspecified atom stereocenters. The van der Waals surface area contributed by atoms with E-state index in [0.717, 1.165) is 25.3 Å². The molecule has 3 heterocycles. The Kier molecular flexibility index (Phi) is 4.18. The van der Waals surface area contributed by atoms with E-state index < -0.39 is 0 Å². The summed E-state index contributed by atoms with van der Waals surface area (Å²) < 4.78 is 10.7. The first kappa shape index (κ1) is 14.9. The SMILES string of the molecule is O=C(c1ccc2c(c1)OCO2)N1CCSC(c2cccs2)CC1. The minimum Gasteiger partial charge on any atom is -0.454 e. The lowest BCUT2D eigenvalue weighted by Crippen LogP contribution is -2.32. The second-order valence-corrected chi connectivity index (χ2v) is 7.81. The molecule has 1 aromatic heterocycles. The van der Waals surface area contributed by atoms with Gasteiger partial charge in [0, 0.05) is 34.5 Å². The number of fused-ring (bicyclic) bond motifs is 1. The Morgan fingerprint density at radius 2 is 2.09 bits per heavy atom. The highest BCUT2D eigenvalue weighted by atomic mass is 32.2. The van der Waals surface area contributed by atoms with Crippen molar-refractivity contribution in [3.63, 3.8) is 0 Å². The van der Waals surface area contributed by atoms with Gasteiger partial charge in [0.15, 0.2) is 11.5 Å². The van der Waals surface area contributed by atoms with Gasteiger partial charge in [-0.15, -0.1) is 11.3 Å². The molecule has 0 radical (unpaired) electrons. The fourth-order valence-electron chi connectivity index (χ4n) is 2.89. The molecular formula is C17H17NO3S2. The van der Waals surface area contributed by atoms with E-state index in [-0.39, 0.29) is 12.7 Å². The molecule has 1 amide bonds. The molecule has 23 heavy (non-hydrogen) atoms. The molecule has 1 atom stereocenters. The molecule has 2 aliphatic heterocycles. The molecule has 4 nitrogen and oxygen atoms in total. The Bertz CT molecular complexity index is 702. The van der Waals surface area contributed by atoms with Crippen LogP contribution in [0, 0.1) is 0 Å². The van der Waals surface area contributed by atoms with Gasteiger partial charge in [-0.1, -0.05) is 6.07 Å². The van der Waals surface area contributed by atoms with Gasteiger partial charge in [-0.2, -0.15) is 11.8 Å². The average molecular weight is 347 g/mol. The van der Waals surface area contributed by atoms with E-state index in [9.17, 15) is 4.79 Å². The van der Waals surface area contributed by atoms with E-state index in [4.69, 9.17) is 9.47 Å². The molecule has 2 aliphatic rings. The van der Waals surface area contributed by atoms with Gasteiger partial charge in [-0.25, -0.2) is 0 Å². The van der Waals surface area contributed by atoms with Crippen LogP contribution in [0.5, 0.6) is 11.5 Å². The van der Waals surface area contributed by atoms with E-state index in [1.54, 1.807) is 17.4 Å². The number of rotatable bonds is 2. The van der Waals surface area contributed by atoms with Crippen LogP contribution >= 0.6 is 23.1 Å². The summed E-state index contributed by atoms with van der Waals surface area (Å²) in [5.41, 5.74) is 0.675. The molecule has 0 saturated carbocycles. The molecule has 1 saturated heterocycles. The smallest absolute Gasteiger partial charge is 0.254 e. The fourth-order valence-corrected chi connectivity index (χ4v) is 5.12. The van der Waals surface area contributed by atoms with Crippen LogP contribution in [0.25, 0.3) is 0 Å². The maximum absolute atomic E-state index is 12.8. The summed E-state index contributed by atoms with van der Waals surface area (Å²) in [5, 5.41) is 2.63. The van der Waals surface area contributed by atoms with Gasteiger partial charge in [-0.05, 0) is 36.1 Å². The Morgan fingerprint density at radius 3 is 2.96 bits per heavy atom. The molecule has 6 heteroatoms. The Labute approximate surface area is 143 Å². The zero-order valence-corrected chi connectivity index (χ0v) is 14.2. The van der Waals surface area contributed by atoms with Gasteiger partial charge >= 0.3 is 0 Å². The van der Waals surface area contributed by atoms with Crippen LogP contribution in [0.2, 0.25) is 0 Å². The molecule has 0 aliphatic carbocycles. The quantitative estimate of drug-likeness (QED) is 0.828. The van der Waals surface area contributed by atoms with E-state index >= 15 is 0 Å². The normalized spacial score (nSPS) is 20.3. The number of amides is 1. The van der Waals surface area contributed by atoms with Crippen LogP contribution in [0.1, 0.15) is 26.9 Å². The third-order valence-corrected chi connectivity index (χ3v) is 6.55. The van der Waals surface area contributed by atoms with Gasteiger partial charge in [0.1, 0.15) is 0 Å². The van der Waals surface area contributed by atoms with Gasteiger partial charge in [0.25, 0.3) is 5.91 Å². The summed E-state index contributed by atoms with van der Waals surface area (Å²) in [6.07, 6.45) is 1.00. The van der Waals surface area contributed by atoms with Gasteiger partial charge in [0.2, 0.25) is 6.79 Å². The predicted molar refractivity (Wildman–Crippen MR) is 92.6 cm³/mol. The lowest BCUT2D eigenvalue weighted by atomic mass is 10.1. The van der Waals surface area contributed by atoms with E-state index in [1.165, 1.54) is 4.88 Å². The number of benzene rings is 1. The minimum atomic E-state index is 0.0794. The van der Waals surface area contributed by atoms with Crippen molar-refractivity contribution < 1.29 is 14.3 Å². The largest absolute Gasteiger partial charge is 0.454 e. The molecular weight excluding hydrogens is 330 g/mol. The molecule has 1 fully saturated rings. The van der Waals surface area contributed by atoms with Crippen molar-refractivity contribution in [3.8, 4) is 11.5 Å². The molecule has 0 N–H and O–H groups in total. The molecule has 0 spiro atoms. The monoisotopic (exact) mass is 347 g/mol. The number of ether oxygens (including phenoxy) is 2. The number of thiophene rings is 1. The van der Waals surface area contributed by atoms with Crippen molar-refractivity contribution in [2.24, 2.45) is 0 Å². The minimum absolute atomic E-state index is 0.0794. The molecule has 1 aromatic carbocycles. The summed E-state index contributed by atoms with van der Waals surface area (Å²) in [6.45, 7) is 1.82. The number of carbonyl (C=O) groups excluding carboxylic acids is 1. The van der Waals surface area contributed by atoms with Crippen molar-refractivity contribution in [1.82, 2.24) is 4.90 Å². The van der Waals surface area contributed by atoms with Gasteiger partial charge < -0.3 is 14.4 Å². The maximum Gasteiger partial charge on any atom is 0.254 e. The third kappa shape index (κ3) is 3.05. The number of hydrogen-bond donors (Lipinski definition) is 0. The van der Waals surface area contributed by atoms with Crippen LogP contribution in [0.4, 0.5) is 0 Å². The fraction of sp³-hybridized carbons (Fsp3) is 0.353. The number of carbonyl (C=O) groups is 1. The van der Waals surface area contributed by atoms with Crippen LogP contribution in [0.3, 0.4) is 0 Å². The Morgan fingerprint density at radius 1 is 1.17 bits per heavy atom. The van der Waals surface area contributed by atoms with Crippen molar-refractivity contribution in [1.29, 1.82) is 0 Å². The van der Waals surface area contributed by atoms with Crippen molar-refractivity contribution in [2.45, 2.75) is 11.7 Å². The van der Waals surface area contributed by atoms with Crippen molar-refractivity contribution in [2.75, 3.05) is 25.6 Å². The average Bonchev–Trinajstić information content (AvgIpc) is 3.21. The maximum atomic E-state index is 12.8. The molecule has 120 valence electrons. The summed E-state index contributed by atoms with van der Waals surface area (Å²) in [4.78, 5) is 16.1. The van der Waals surface area contributed by atoms with Crippen LogP contribution < -0.4 is 9.47 Å². The second-order valence-electron chi connectivity index (χ2n) is 5.52. The Hall–Kier alpha value is -1.66. The highest BCUT2D eigenvalue weighted by molar-refractivity contribution is 7.99. The second kappa shape index (κ2) is 6.45. The topological polar surface area (TPSA) is 38.8 Å². The first-order valence-electron chi connectivity index (χ1n) is 7.65.